The second-order valence-corrected chi connectivity index (χ2v) is 8.41. The Kier molecular flexibility index (Phi) is 7.14. The van der Waals surface area contributed by atoms with Crippen LogP contribution in [0.3, 0.4) is 0 Å². The predicted octanol–water partition coefficient (Wildman–Crippen LogP) is 4.31. The molecule has 0 bridgehead atoms. The predicted molar refractivity (Wildman–Crippen MR) is 74.9 cm³/mol. The molecule has 132 valence electrons. The van der Waals surface area contributed by atoms with Gasteiger partial charge in [0.05, 0.1) is 13.2 Å². The van der Waals surface area contributed by atoms with E-state index in [0.717, 1.165) is 0 Å². The Morgan fingerprint density at radius 3 is 1.64 bits per heavy atom. The number of halogens is 7. The molecule has 0 saturated carbocycles. The first-order valence-corrected chi connectivity index (χ1v) is 9.64. The summed E-state index contributed by atoms with van der Waals surface area (Å²) in [7, 11) is -10.8. The molecule has 0 spiro atoms. The first kappa shape index (κ1) is 21.4. The summed E-state index contributed by atoms with van der Waals surface area (Å²) in [6, 6.07) is 6.66. The Labute approximate surface area is 125 Å². The molecule has 0 unspecified atom stereocenters. The van der Waals surface area contributed by atoms with Crippen LogP contribution < -0.4 is 0 Å². The van der Waals surface area contributed by atoms with Crippen molar-refractivity contribution in [1.29, 1.82) is 0 Å². The van der Waals surface area contributed by atoms with Crippen LogP contribution in [0.1, 0.15) is 5.56 Å². The molecule has 0 atom stereocenters. The summed E-state index contributed by atoms with van der Waals surface area (Å²) in [4.78, 5) is 0. The SMILES string of the molecule is F[P-](F)(F)(F)(F)F.OCC[S+](CCO)Cc1ccccc1F. The molecule has 0 heterocycles. The van der Waals surface area contributed by atoms with Crippen LogP contribution in [0, 0.1) is 5.82 Å². The molecule has 0 radical (unpaired) electrons. The van der Waals surface area contributed by atoms with Gasteiger partial charge in [0, 0.05) is 5.56 Å². The minimum Gasteiger partial charge on any atom is -0.391 e. The maximum absolute atomic E-state index is 13.3. The number of hydrogen-bond donors (Lipinski definition) is 2. The van der Waals surface area contributed by atoms with Crippen LogP contribution in [0.2, 0.25) is 0 Å². The largest absolute Gasteiger partial charge is 0.391 e. The van der Waals surface area contributed by atoms with Gasteiger partial charge in [-0.1, -0.05) is 18.2 Å². The Morgan fingerprint density at radius 2 is 1.27 bits per heavy atom. The Bertz CT molecular complexity index is 448. The zero-order valence-corrected chi connectivity index (χ0v) is 13.0. The smallest absolute Gasteiger partial charge is 0.136 e. The minimum atomic E-state index is -10.7. The van der Waals surface area contributed by atoms with Gasteiger partial charge in [0.1, 0.15) is 23.1 Å². The van der Waals surface area contributed by atoms with Gasteiger partial charge in [-0.15, -0.1) is 0 Å². The Balaban J connectivity index is 0.000000534. The van der Waals surface area contributed by atoms with Gasteiger partial charge in [-0.2, -0.15) is 0 Å². The van der Waals surface area contributed by atoms with E-state index in [-0.39, 0.29) is 29.9 Å². The number of aliphatic hydroxyl groups is 2. The summed E-state index contributed by atoms with van der Waals surface area (Å²) >= 11 is 0. The van der Waals surface area contributed by atoms with E-state index in [9.17, 15) is 29.6 Å². The molecular formula is C11H16F7O2PS. The van der Waals surface area contributed by atoms with E-state index in [4.69, 9.17) is 10.2 Å². The van der Waals surface area contributed by atoms with Crippen molar-refractivity contribution in [2.24, 2.45) is 0 Å². The van der Waals surface area contributed by atoms with E-state index in [1.807, 2.05) is 0 Å². The topological polar surface area (TPSA) is 40.5 Å². The summed E-state index contributed by atoms with van der Waals surface area (Å²) in [6.45, 7) is 0.190. The van der Waals surface area contributed by atoms with Crippen molar-refractivity contribution in [3.05, 3.63) is 35.6 Å². The van der Waals surface area contributed by atoms with Gasteiger partial charge in [0.15, 0.2) is 0 Å². The molecule has 0 fully saturated rings. The van der Waals surface area contributed by atoms with Crippen molar-refractivity contribution in [2.75, 3.05) is 24.7 Å². The quantitative estimate of drug-likeness (QED) is 0.441. The van der Waals surface area contributed by atoms with Crippen LogP contribution in [-0.4, -0.2) is 34.9 Å². The van der Waals surface area contributed by atoms with Gasteiger partial charge < -0.3 is 10.2 Å². The normalized spacial score (nSPS) is 14.8. The van der Waals surface area contributed by atoms with Crippen LogP contribution in [0.4, 0.5) is 29.6 Å². The van der Waals surface area contributed by atoms with Crippen LogP contribution in [0.25, 0.3) is 0 Å². The first-order valence-electron chi connectivity index (χ1n) is 5.88. The molecule has 1 aromatic carbocycles. The number of hydrogen-bond acceptors (Lipinski definition) is 2. The van der Waals surface area contributed by atoms with E-state index >= 15 is 0 Å². The van der Waals surface area contributed by atoms with E-state index in [1.165, 1.54) is 6.07 Å². The van der Waals surface area contributed by atoms with Gasteiger partial charge in [-0.3, -0.25) is 0 Å². The first-order chi connectivity index (χ1) is 9.72. The second-order valence-electron chi connectivity index (χ2n) is 4.16. The third kappa shape index (κ3) is 15.8. The van der Waals surface area contributed by atoms with E-state index < -0.39 is 7.81 Å². The van der Waals surface area contributed by atoms with Crippen molar-refractivity contribution in [3.63, 3.8) is 0 Å². The number of aliphatic hydroxyl groups excluding tert-OH is 2. The molecule has 22 heavy (non-hydrogen) atoms. The van der Waals surface area contributed by atoms with Crippen LogP contribution in [0.15, 0.2) is 24.3 Å². The zero-order chi connectivity index (χ0) is 17.5. The van der Waals surface area contributed by atoms with Gasteiger partial charge in [-0.05, 0) is 17.0 Å². The Hall–Kier alpha value is -0.570. The van der Waals surface area contributed by atoms with Gasteiger partial charge in [0.2, 0.25) is 0 Å². The van der Waals surface area contributed by atoms with Gasteiger partial charge in [0.25, 0.3) is 0 Å². The zero-order valence-electron chi connectivity index (χ0n) is 11.2. The van der Waals surface area contributed by atoms with Crippen LogP contribution >= 0.6 is 7.81 Å². The van der Waals surface area contributed by atoms with E-state index in [2.05, 4.69) is 0 Å². The second kappa shape index (κ2) is 7.33. The molecular weight excluding hydrogens is 360 g/mol. The molecule has 2 nitrogen and oxygen atoms in total. The third-order valence-corrected chi connectivity index (χ3v) is 4.32. The molecule has 11 heteroatoms. The minimum absolute atomic E-state index is 0.0948. The van der Waals surface area contributed by atoms with Crippen LogP contribution in [0.5, 0.6) is 0 Å². The maximum Gasteiger partial charge on any atom is 0.136 e. The average molecular weight is 376 g/mol. The molecule has 1 aromatic rings. The Morgan fingerprint density at radius 1 is 0.864 bits per heavy atom. The monoisotopic (exact) mass is 376 g/mol. The fraction of sp³-hybridized carbons (Fsp3) is 0.455. The molecule has 1 rings (SSSR count). The summed E-state index contributed by atoms with van der Waals surface area (Å²) in [5.74, 6) is 1.67. The summed E-state index contributed by atoms with van der Waals surface area (Å²) in [6.07, 6.45) is 0. The molecule has 2 N–H and O–H groups in total. The summed E-state index contributed by atoms with van der Waals surface area (Å²) < 4.78 is 72.5. The third-order valence-electron chi connectivity index (χ3n) is 2.08. The number of benzene rings is 1. The molecule has 0 aromatic heterocycles. The van der Waals surface area contributed by atoms with Crippen molar-refractivity contribution in [2.45, 2.75) is 5.75 Å². The summed E-state index contributed by atoms with van der Waals surface area (Å²) in [5.41, 5.74) is 0.669. The van der Waals surface area contributed by atoms with Gasteiger partial charge >= 0.3 is 33.0 Å². The fourth-order valence-electron chi connectivity index (χ4n) is 1.34. The number of rotatable bonds is 6. The molecule has 0 aliphatic rings. The van der Waals surface area contributed by atoms with Gasteiger partial charge in [-0.25, -0.2) is 4.39 Å². The van der Waals surface area contributed by atoms with Crippen LogP contribution in [-0.2, 0) is 16.6 Å². The van der Waals surface area contributed by atoms with Crippen molar-refractivity contribution in [3.8, 4) is 0 Å². The summed E-state index contributed by atoms with van der Waals surface area (Å²) in [5, 5.41) is 17.7. The molecule has 0 saturated heterocycles. The standard InChI is InChI=1S/C11H16FO2S.F6P/c12-11-4-2-1-3-10(11)9-15(7-5-13)8-6-14;1-7(2,3,4,5)6/h1-4,13-14H,5-9H2;/q+1;-1. The molecule has 0 amide bonds. The average Bonchev–Trinajstić information content (AvgIpc) is 2.29. The van der Waals surface area contributed by atoms with Crippen molar-refractivity contribution >= 4 is 18.7 Å². The van der Waals surface area contributed by atoms with Crippen molar-refractivity contribution in [1.82, 2.24) is 0 Å². The van der Waals surface area contributed by atoms with Crippen molar-refractivity contribution < 1.29 is 39.8 Å². The van der Waals surface area contributed by atoms with E-state index in [1.54, 1.807) is 18.2 Å². The fourth-order valence-corrected chi connectivity index (χ4v) is 3.02. The molecule has 0 aliphatic heterocycles. The molecule has 0 aliphatic carbocycles. The maximum atomic E-state index is 13.3. The van der Waals surface area contributed by atoms with E-state index in [0.29, 0.717) is 22.8 Å².